The van der Waals surface area contributed by atoms with Gasteiger partial charge in [-0.15, -0.1) is 0 Å². The first-order valence-corrected chi connectivity index (χ1v) is 6.56. The molecule has 1 aliphatic heterocycles. The van der Waals surface area contributed by atoms with Crippen LogP contribution < -0.4 is 5.32 Å². The van der Waals surface area contributed by atoms with E-state index in [1.807, 2.05) is 0 Å². The summed E-state index contributed by atoms with van der Waals surface area (Å²) in [6.07, 6.45) is -0.0454. The predicted octanol–water partition coefficient (Wildman–Crippen LogP) is 0.845. The average molecular weight is 244 g/mol. The Morgan fingerprint density at radius 3 is 2.65 bits per heavy atom. The van der Waals surface area contributed by atoms with E-state index in [4.69, 9.17) is 4.74 Å². The van der Waals surface area contributed by atoms with E-state index in [1.54, 1.807) is 0 Å². The van der Waals surface area contributed by atoms with Gasteiger partial charge in [-0.05, 0) is 34.6 Å². The molecule has 1 saturated heterocycles. The van der Waals surface area contributed by atoms with Gasteiger partial charge in [0.05, 0.1) is 18.8 Å². The fraction of sp³-hybridized carbons (Fsp3) is 1.00. The SMILES string of the molecule is CC1CN(CC(O)CNC(C)(C)C)C(C)CO1. The Bertz CT molecular complexity index is 228. The number of aliphatic hydroxyl groups excluding tert-OH is 1. The van der Waals surface area contributed by atoms with Crippen LogP contribution in [0.4, 0.5) is 0 Å². The number of hydrogen-bond donors (Lipinski definition) is 2. The number of hydrogen-bond acceptors (Lipinski definition) is 4. The summed E-state index contributed by atoms with van der Waals surface area (Å²) in [5.41, 5.74) is 0.0604. The second kappa shape index (κ2) is 6.14. The Hall–Kier alpha value is -0.160. The molecular weight excluding hydrogens is 216 g/mol. The lowest BCUT2D eigenvalue weighted by atomic mass is 10.1. The Morgan fingerprint density at radius 2 is 2.06 bits per heavy atom. The number of nitrogens with zero attached hydrogens (tertiary/aromatic N) is 1. The third kappa shape index (κ3) is 5.82. The van der Waals surface area contributed by atoms with Gasteiger partial charge in [0.15, 0.2) is 0 Å². The van der Waals surface area contributed by atoms with E-state index in [1.165, 1.54) is 0 Å². The number of ether oxygens (including phenoxy) is 1. The minimum atomic E-state index is -0.318. The third-order valence-corrected chi connectivity index (χ3v) is 3.05. The monoisotopic (exact) mass is 244 g/mol. The summed E-state index contributed by atoms with van der Waals surface area (Å²) in [6.45, 7) is 13.6. The van der Waals surface area contributed by atoms with E-state index in [2.05, 4.69) is 44.8 Å². The predicted molar refractivity (Wildman–Crippen MR) is 70.2 cm³/mol. The van der Waals surface area contributed by atoms with Crippen LogP contribution in [0.5, 0.6) is 0 Å². The fourth-order valence-electron chi connectivity index (χ4n) is 1.99. The van der Waals surface area contributed by atoms with Crippen LogP contribution in [-0.4, -0.2) is 60.0 Å². The van der Waals surface area contributed by atoms with E-state index in [-0.39, 0.29) is 17.7 Å². The van der Waals surface area contributed by atoms with Gasteiger partial charge in [0.1, 0.15) is 0 Å². The second-order valence-corrected chi connectivity index (χ2v) is 6.23. The molecule has 3 unspecified atom stereocenters. The first-order valence-electron chi connectivity index (χ1n) is 6.56. The molecule has 3 atom stereocenters. The lowest BCUT2D eigenvalue weighted by Gasteiger charge is -2.38. The highest BCUT2D eigenvalue weighted by Gasteiger charge is 2.25. The van der Waals surface area contributed by atoms with Crippen LogP contribution in [0.1, 0.15) is 34.6 Å². The largest absolute Gasteiger partial charge is 0.390 e. The van der Waals surface area contributed by atoms with Gasteiger partial charge in [-0.25, -0.2) is 0 Å². The summed E-state index contributed by atoms with van der Waals surface area (Å²) in [7, 11) is 0. The molecule has 102 valence electrons. The van der Waals surface area contributed by atoms with Crippen LogP contribution >= 0.6 is 0 Å². The first-order chi connectivity index (χ1) is 7.78. The summed E-state index contributed by atoms with van der Waals surface area (Å²) in [5.74, 6) is 0. The smallest absolute Gasteiger partial charge is 0.0791 e. The zero-order valence-electron chi connectivity index (χ0n) is 11.9. The Kier molecular flexibility index (Phi) is 5.38. The van der Waals surface area contributed by atoms with Gasteiger partial charge in [0, 0.05) is 31.2 Å². The van der Waals surface area contributed by atoms with Crippen molar-refractivity contribution in [1.82, 2.24) is 10.2 Å². The number of aliphatic hydroxyl groups is 1. The summed E-state index contributed by atoms with van der Waals surface area (Å²) in [4.78, 5) is 2.31. The molecule has 1 fully saturated rings. The van der Waals surface area contributed by atoms with Crippen molar-refractivity contribution < 1.29 is 9.84 Å². The van der Waals surface area contributed by atoms with Gasteiger partial charge in [0.25, 0.3) is 0 Å². The fourth-order valence-corrected chi connectivity index (χ4v) is 1.99. The maximum atomic E-state index is 10.0. The van der Waals surface area contributed by atoms with Crippen LogP contribution in [0.2, 0.25) is 0 Å². The molecule has 1 rings (SSSR count). The van der Waals surface area contributed by atoms with Crippen molar-refractivity contribution in [3.8, 4) is 0 Å². The highest BCUT2D eigenvalue weighted by atomic mass is 16.5. The molecule has 1 aliphatic rings. The number of morpholine rings is 1. The Labute approximate surface area is 105 Å². The third-order valence-electron chi connectivity index (χ3n) is 3.05. The van der Waals surface area contributed by atoms with Gasteiger partial charge in [-0.1, -0.05) is 0 Å². The molecule has 0 aliphatic carbocycles. The highest BCUT2D eigenvalue weighted by molar-refractivity contribution is 4.80. The minimum Gasteiger partial charge on any atom is -0.390 e. The van der Waals surface area contributed by atoms with Crippen molar-refractivity contribution >= 4 is 0 Å². The topological polar surface area (TPSA) is 44.7 Å². The molecule has 0 aromatic heterocycles. The van der Waals surface area contributed by atoms with Crippen LogP contribution in [0, 0.1) is 0 Å². The molecule has 0 radical (unpaired) electrons. The lowest BCUT2D eigenvalue weighted by molar-refractivity contribution is -0.0616. The van der Waals surface area contributed by atoms with Crippen LogP contribution in [0.25, 0.3) is 0 Å². The first kappa shape index (κ1) is 14.9. The van der Waals surface area contributed by atoms with Crippen molar-refractivity contribution in [2.75, 3.05) is 26.2 Å². The second-order valence-electron chi connectivity index (χ2n) is 6.23. The normalized spacial score (nSPS) is 29.3. The maximum Gasteiger partial charge on any atom is 0.0791 e. The van der Waals surface area contributed by atoms with E-state index in [0.717, 1.165) is 19.7 Å². The molecule has 17 heavy (non-hydrogen) atoms. The molecule has 4 heteroatoms. The van der Waals surface area contributed by atoms with Crippen molar-refractivity contribution in [2.24, 2.45) is 0 Å². The van der Waals surface area contributed by atoms with Crippen molar-refractivity contribution in [1.29, 1.82) is 0 Å². The quantitative estimate of drug-likeness (QED) is 0.769. The zero-order chi connectivity index (χ0) is 13.1. The molecule has 0 bridgehead atoms. The zero-order valence-corrected chi connectivity index (χ0v) is 11.9. The van der Waals surface area contributed by atoms with Gasteiger partial charge < -0.3 is 15.2 Å². The Morgan fingerprint density at radius 1 is 1.41 bits per heavy atom. The molecule has 2 N–H and O–H groups in total. The van der Waals surface area contributed by atoms with Crippen molar-refractivity contribution in [3.05, 3.63) is 0 Å². The molecule has 0 spiro atoms. The van der Waals surface area contributed by atoms with E-state index in [9.17, 15) is 5.11 Å². The summed E-state index contributed by atoms with van der Waals surface area (Å²) in [5, 5.41) is 13.4. The summed E-state index contributed by atoms with van der Waals surface area (Å²) in [6, 6.07) is 0.399. The van der Waals surface area contributed by atoms with Crippen LogP contribution in [0.15, 0.2) is 0 Å². The van der Waals surface area contributed by atoms with E-state index < -0.39 is 0 Å². The minimum absolute atomic E-state index is 0.0604. The van der Waals surface area contributed by atoms with Gasteiger partial charge >= 0.3 is 0 Å². The number of rotatable bonds is 4. The Balaban J connectivity index is 2.31. The van der Waals surface area contributed by atoms with Gasteiger partial charge in [0.2, 0.25) is 0 Å². The molecule has 4 nitrogen and oxygen atoms in total. The number of β-amino-alcohol motifs (C(OH)–C–C–N with tert-alkyl or cyclic N) is 1. The summed E-state index contributed by atoms with van der Waals surface area (Å²) >= 11 is 0. The molecule has 0 saturated carbocycles. The lowest BCUT2D eigenvalue weighted by Crippen LogP contribution is -2.52. The van der Waals surface area contributed by atoms with Gasteiger partial charge in [-0.2, -0.15) is 0 Å². The maximum absolute atomic E-state index is 10.0. The molecule has 0 aromatic carbocycles. The molecule has 0 amide bonds. The number of nitrogens with one attached hydrogen (secondary N) is 1. The molecule has 0 aromatic rings. The average Bonchev–Trinajstić information content (AvgIpc) is 2.20. The van der Waals surface area contributed by atoms with E-state index >= 15 is 0 Å². The van der Waals surface area contributed by atoms with Crippen LogP contribution in [-0.2, 0) is 4.74 Å². The van der Waals surface area contributed by atoms with Crippen molar-refractivity contribution in [3.63, 3.8) is 0 Å². The standard InChI is InChI=1S/C13H28N2O2/c1-10-9-17-11(2)7-15(10)8-12(16)6-14-13(3,4)5/h10-12,14,16H,6-9H2,1-5H3. The summed E-state index contributed by atoms with van der Waals surface area (Å²) < 4.78 is 5.58. The molecule has 1 heterocycles. The van der Waals surface area contributed by atoms with E-state index in [0.29, 0.717) is 12.6 Å². The van der Waals surface area contributed by atoms with Gasteiger partial charge in [-0.3, -0.25) is 4.90 Å². The molecular formula is C13H28N2O2. The van der Waals surface area contributed by atoms with Crippen molar-refractivity contribution in [2.45, 2.75) is 58.4 Å². The highest BCUT2D eigenvalue weighted by Crippen LogP contribution is 2.11. The van der Waals surface area contributed by atoms with Crippen LogP contribution in [0.3, 0.4) is 0 Å².